The first-order valence-corrected chi connectivity index (χ1v) is 8.41. The van der Waals surface area contributed by atoms with Gasteiger partial charge in [-0.15, -0.1) is 0 Å². The van der Waals surface area contributed by atoms with Crippen LogP contribution in [0, 0.1) is 0 Å². The third-order valence-electron chi connectivity index (χ3n) is 3.23. The summed E-state index contributed by atoms with van der Waals surface area (Å²) in [6.45, 7) is 7.47. The molecule has 0 spiro atoms. The van der Waals surface area contributed by atoms with Crippen LogP contribution in [0.25, 0.3) is 0 Å². The van der Waals surface area contributed by atoms with Crippen LogP contribution in [-0.2, 0) is 14.3 Å². The summed E-state index contributed by atoms with van der Waals surface area (Å²) in [6, 6.07) is 9.02. The van der Waals surface area contributed by atoms with E-state index in [9.17, 15) is 9.59 Å². The number of nitrogens with zero attached hydrogens (tertiary/aromatic N) is 1. The summed E-state index contributed by atoms with van der Waals surface area (Å²) in [6.07, 6.45) is 1.06. The first-order chi connectivity index (χ1) is 11.5. The Labute approximate surface area is 144 Å². The lowest BCUT2D eigenvalue weighted by molar-refractivity contribution is -0.143. The third kappa shape index (κ3) is 8.53. The van der Waals surface area contributed by atoms with Crippen molar-refractivity contribution in [2.45, 2.75) is 39.7 Å². The Hall–Kier alpha value is -2.08. The monoisotopic (exact) mass is 336 g/mol. The van der Waals surface area contributed by atoms with Crippen LogP contribution in [0.2, 0.25) is 0 Å². The highest BCUT2D eigenvalue weighted by molar-refractivity contribution is 5.89. The molecular formula is C18H28N2O4. The van der Waals surface area contributed by atoms with E-state index in [-0.39, 0.29) is 24.5 Å². The third-order valence-corrected chi connectivity index (χ3v) is 3.23. The molecule has 1 aromatic rings. The van der Waals surface area contributed by atoms with Gasteiger partial charge in [-0.05, 0) is 39.3 Å². The molecule has 0 radical (unpaired) electrons. The van der Waals surface area contributed by atoms with Gasteiger partial charge in [0.25, 0.3) is 0 Å². The minimum atomic E-state index is -0.298. The standard InChI is InChI=1S/C18H28N2O4/c1-4-23-17(21)11-13-20(12-8-14-24-15(2)3)18(22)19-16-9-6-5-7-10-16/h5-7,9-10,15H,4,8,11-14H2,1-3H3,(H,19,22). The van der Waals surface area contributed by atoms with Gasteiger partial charge in [0.2, 0.25) is 0 Å². The minimum absolute atomic E-state index is 0.163. The Morgan fingerprint density at radius 2 is 1.88 bits per heavy atom. The van der Waals surface area contributed by atoms with Crippen LogP contribution < -0.4 is 5.32 Å². The molecule has 0 aliphatic carbocycles. The molecule has 1 rings (SSSR count). The van der Waals surface area contributed by atoms with Gasteiger partial charge in [0.15, 0.2) is 0 Å². The largest absolute Gasteiger partial charge is 0.466 e. The van der Waals surface area contributed by atoms with Gasteiger partial charge in [-0.3, -0.25) is 4.79 Å². The maximum atomic E-state index is 12.4. The molecule has 0 aliphatic heterocycles. The van der Waals surface area contributed by atoms with Gasteiger partial charge in [-0.25, -0.2) is 4.79 Å². The lowest BCUT2D eigenvalue weighted by atomic mass is 10.3. The molecule has 0 fully saturated rings. The molecule has 1 N–H and O–H groups in total. The summed E-state index contributed by atoms with van der Waals surface area (Å²) in [5.74, 6) is -0.298. The van der Waals surface area contributed by atoms with Crippen molar-refractivity contribution in [3.8, 4) is 0 Å². The number of benzene rings is 1. The number of anilines is 1. The SMILES string of the molecule is CCOC(=O)CCN(CCCOC(C)C)C(=O)Nc1ccccc1. The van der Waals surface area contributed by atoms with Crippen LogP contribution in [-0.4, -0.2) is 49.3 Å². The predicted molar refractivity (Wildman–Crippen MR) is 94.0 cm³/mol. The fourth-order valence-electron chi connectivity index (χ4n) is 2.07. The fraction of sp³-hybridized carbons (Fsp3) is 0.556. The average molecular weight is 336 g/mol. The summed E-state index contributed by atoms with van der Waals surface area (Å²) >= 11 is 0. The molecule has 0 saturated heterocycles. The Balaban J connectivity index is 2.54. The summed E-state index contributed by atoms with van der Waals surface area (Å²) < 4.78 is 10.4. The zero-order chi connectivity index (χ0) is 17.8. The number of urea groups is 1. The Morgan fingerprint density at radius 1 is 1.17 bits per heavy atom. The van der Waals surface area contributed by atoms with Gasteiger partial charge < -0.3 is 19.7 Å². The lowest BCUT2D eigenvalue weighted by Crippen LogP contribution is -2.38. The zero-order valence-corrected chi connectivity index (χ0v) is 14.8. The summed E-state index contributed by atoms with van der Waals surface area (Å²) in [4.78, 5) is 25.6. The molecule has 1 aromatic carbocycles. The van der Waals surface area contributed by atoms with Crippen LogP contribution in [0.1, 0.15) is 33.6 Å². The second-order valence-corrected chi connectivity index (χ2v) is 5.61. The normalized spacial score (nSPS) is 10.5. The van der Waals surface area contributed by atoms with Crippen molar-refractivity contribution in [1.82, 2.24) is 4.90 Å². The van der Waals surface area contributed by atoms with Crippen LogP contribution >= 0.6 is 0 Å². The topological polar surface area (TPSA) is 67.9 Å². The second-order valence-electron chi connectivity index (χ2n) is 5.61. The van der Waals surface area contributed by atoms with E-state index in [2.05, 4.69) is 5.32 Å². The molecule has 0 saturated carbocycles. The molecule has 0 unspecified atom stereocenters. The maximum Gasteiger partial charge on any atom is 0.321 e. The molecule has 134 valence electrons. The van der Waals surface area contributed by atoms with Gasteiger partial charge in [-0.2, -0.15) is 0 Å². The number of amides is 2. The van der Waals surface area contributed by atoms with E-state index in [0.717, 1.165) is 5.69 Å². The van der Waals surface area contributed by atoms with Crippen molar-refractivity contribution in [3.63, 3.8) is 0 Å². The second kappa shape index (κ2) is 11.5. The number of hydrogen-bond donors (Lipinski definition) is 1. The smallest absolute Gasteiger partial charge is 0.321 e. The Bertz CT molecular complexity index is 491. The van der Waals surface area contributed by atoms with Gasteiger partial charge in [0.05, 0.1) is 19.1 Å². The maximum absolute atomic E-state index is 12.4. The zero-order valence-electron chi connectivity index (χ0n) is 14.8. The number of esters is 1. The summed E-state index contributed by atoms with van der Waals surface area (Å²) in [5, 5.41) is 2.84. The number of hydrogen-bond acceptors (Lipinski definition) is 4. The number of para-hydroxylation sites is 1. The summed E-state index contributed by atoms with van der Waals surface area (Å²) in [7, 11) is 0. The van der Waals surface area contributed by atoms with E-state index in [1.807, 2.05) is 44.2 Å². The number of carbonyl (C=O) groups excluding carboxylic acids is 2. The Kier molecular flexibility index (Phi) is 9.53. The van der Waals surface area contributed by atoms with E-state index in [4.69, 9.17) is 9.47 Å². The van der Waals surface area contributed by atoms with Gasteiger partial charge in [0, 0.05) is 25.4 Å². The molecule has 6 heteroatoms. The van der Waals surface area contributed by atoms with Crippen LogP contribution in [0.5, 0.6) is 0 Å². The van der Waals surface area contributed by atoms with Crippen LogP contribution in [0.3, 0.4) is 0 Å². The molecule has 6 nitrogen and oxygen atoms in total. The van der Waals surface area contributed by atoms with Gasteiger partial charge in [0.1, 0.15) is 0 Å². The van der Waals surface area contributed by atoms with Crippen molar-refractivity contribution in [1.29, 1.82) is 0 Å². The predicted octanol–water partition coefficient (Wildman–Crippen LogP) is 3.29. The number of rotatable bonds is 10. The number of carbonyl (C=O) groups is 2. The van der Waals surface area contributed by atoms with E-state index in [1.165, 1.54) is 0 Å². The van der Waals surface area contributed by atoms with Gasteiger partial charge in [-0.1, -0.05) is 18.2 Å². The van der Waals surface area contributed by atoms with E-state index in [0.29, 0.717) is 32.7 Å². The van der Waals surface area contributed by atoms with Crippen molar-refractivity contribution in [2.24, 2.45) is 0 Å². The highest BCUT2D eigenvalue weighted by Crippen LogP contribution is 2.08. The van der Waals surface area contributed by atoms with Gasteiger partial charge >= 0.3 is 12.0 Å². The highest BCUT2D eigenvalue weighted by Gasteiger charge is 2.15. The molecule has 0 aromatic heterocycles. The molecule has 24 heavy (non-hydrogen) atoms. The fourth-order valence-corrected chi connectivity index (χ4v) is 2.07. The van der Waals surface area contributed by atoms with Crippen LogP contribution in [0.4, 0.5) is 10.5 Å². The quantitative estimate of drug-likeness (QED) is 0.526. The van der Waals surface area contributed by atoms with Crippen molar-refractivity contribution >= 4 is 17.7 Å². The first-order valence-electron chi connectivity index (χ1n) is 8.41. The first kappa shape index (κ1) is 20.0. The minimum Gasteiger partial charge on any atom is -0.466 e. The van der Waals surface area contributed by atoms with E-state index < -0.39 is 0 Å². The molecule has 0 heterocycles. The van der Waals surface area contributed by atoms with Crippen molar-refractivity contribution < 1.29 is 19.1 Å². The Morgan fingerprint density at radius 3 is 2.50 bits per heavy atom. The molecule has 0 bridgehead atoms. The van der Waals surface area contributed by atoms with Crippen LogP contribution in [0.15, 0.2) is 30.3 Å². The number of nitrogens with one attached hydrogen (secondary N) is 1. The van der Waals surface area contributed by atoms with E-state index >= 15 is 0 Å². The molecule has 0 atom stereocenters. The molecule has 0 aliphatic rings. The van der Waals surface area contributed by atoms with Crippen molar-refractivity contribution in [2.75, 3.05) is 31.6 Å². The molecular weight excluding hydrogens is 308 g/mol. The lowest BCUT2D eigenvalue weighted by Gasteiger charge is -2.23. The van der Waals surface area contributed by atoms with E-state index in [1.54, 1.807) is 11.8 Å². The molecule has 2 amide bonds. The van der Waals surface area contributed by atoms with Crippen molar-refractivity contribution in [3.05, 3.63) is 30.3 Å². The highest BCUT2D eigenvalue weighted by atomic mass is 16.5. The summed E-state index contributed by atoms with van der Waals surface area (Å²) in [5.41, 5.74) is 0.724. The number of ether oxygens (including phenoxy) is 2. The average Bonchev–Trinajstić information content (AvgIpc) is 2.55.